The Bertz CT molecular complexity index is 579. The lowest BCUT2D eigenvalue weighted by atomic mass is 10.1. The molecule has 0 heterocycles. The van der Waals surface area contributed by atoms with E-state index in [2.05, 4.69) is 4.72 Å². The van der Waals surface area contributed by atoms with Crippen LogP contribution in [0.2, 0.25) is 5.02 Å². The van der Waals surface area contributed by atoms with E-state index >= 15 is 0 Å². The van der Waals surface area contributed by atoms with E-state index in [1.54, 1.807) is 0 Å². The first-order chi connectivity index (χ1) is 9.37. The molecular formula is C13H17ClFNO3S. The molecule has 1 saturated carbocycles. The van der Waals surface area contributed by atoms with Gasteiger partial charge in [0, 0.05) is 6.54 Å². The summed E-state index contributed by atoms with van der Waals surface area (Å²) in [4.78, 5) is 0. The third-order valence-electron chi connectivity index (χ3n) is 3.53. The van der Waals surface area contributed by atoms with Gasteiger partial charge in [0.05, 0.1) is 16.9 Å². The fourth-order valence-electron chi connectivity index (χ4n) is 2.39. The molecular weight excluding hydrogens is 305 g/mol. The number of nitrogens with one attached hydrogen (secondary N) is 1. The molecule has 7 heteroatoms. The normalized spacial score (nSPS) is 23.1. The molecule has 2 rings (SSSR count). The largest absolute Gasteiger partial charge is 0.393 e. The molecule has 2 atom stereocenters. The second-order valence-electron chi connectivity index (χ2n) is 5.11. The lowest BCUT2D eigenvalue weighted by molar-refractivity contribution is 0.134. The second-order valence-corrected chi connectivity index (χ2v) is 7.33. The molecule has 1 aliphatic carbocycles. The highest BCUT2D eigenvalue weighted by molar-refractivity contribution is 7.88. The van der Waals surface area contributed by atoms with Gasteiger partial charge in [-0.1, -0.05) is 24.1 Å². The molecule has 0 aliphatic heterocycles. The highest BCUT2D eigenvalue weighted by Crippen LogP contribution is 2.25. The first kappa shape index (κ1) is 15.7. The smallest absolute Gasteiger partial charge is 0.215 e. The molecule has 2 N–H and O–H groups in total. The summed E-state index contributed by atoms with van der Waals surface area (Å²) in [6.07, 6.45) is 2.03. The number of sulfonamides is 1. The molecule has 1 aromatic rings. The summed E-state index contributed by atoms with van der Waals surface area (Å²) >= 11 is 5.62. The van der Waals surface area contributed by atoms with Crippen LogP contribution in [0.25, 0.3) is 0 Å². The number of halogens is 2. The second kappa shape index (κ2) is 6.39. The average molecular weight is 322 g/mol. The predicted molar refractivity (Wildman–Crippen MR) is 75.4 cm³/mol. The molecule has 0 radical (unpaired) electrons. The Morgan fingerprint density at radius 2 is 2.15 bits per heavy atom. The Morgan fingerprint density at radius 1 is 1.40 bits per heavy atom. The van der Waals surface area contributed by atoms with Crippen molar-refractivity contribution in [2.75, 3.05) is 6.54 Å². The van der Waals surface area contributed by atoms with Crippen LogP contribution in [0.3, 0.4) is 0 Å². The van der Waals surface area contributed by atoms with Crippen LogP contribution < -0.4 is 4.72 Å². The first-order valence-corrected chi connectivity index (χ1v) is 8.50. The molecule has 0 aromatic heterocycles. The summed E-state index contributed by atoms with van der Waals surface area (Å²) in [5, 5.41) is 9.55. The predicted octanol–water partition coefficient (Wildman–Crippen LogP) is 2.06. The molecule has 1 fully saturated rings. The van der Waals surface area contributed by atoms with Gasteiger partial charge < -0.3 is 5.11 Å². The van der Waals surface area contributed by atoms with Crippen molar-refractivity contribution >= 4 is 21.6 Å². The van der Waals surface area contributed by atoms with Crippen LogP contribution in [-0.2, 0) is 15.8 Å². The molecule has 20 heavy (non-hydrogen) atoms. The van der Waals surface area contributed by atoms with Crippen molar-refractivity contribution in [3.63, 3.8) is 0 Å². The summed E-state index contributed by atoms with van der Waals surface area (Å²) in [6.45, 7) is 0.235. The van der Waals surface area contributed by atoms with E-state index in [1.165, 1.54) is 12.1 Å². The summed E-state index contributed by atoms with van der Waals surface area (Å²) in [5.74, 6) is -0.855. The molecule has 0 bridgehead atoms. The fraction of sp³-hybridized carbons (Fsp3) is 0.538. The molecule has 4 nitrogen and oxygen atoms in total. The van der Waals surface area contributed by atoms with Crippen LogP contribution in [0.15, 0.2) is 18.2 Å². The molecule has 0 amide bonds. The maximum atomic E-state index is 13.0. The van der Waals surface area contributed by atoms with E-state index in [-0.39, 0.29) is 23.2 Å². The Morgan fingerprint density at radius 3 is 2.75 bits per heavy atom. The van der Waals surface area contributed by atoms with Crippen molar-refractivity contribution in [1.82, 2.24) is 4.72 Å². The third kappa shape index (κ3) is 4.15. The van der Waals surface area contributed by atoms with Gasteiger partial charge in [-0.05, 0) is 36.5 Å². The number of aliphatic hydroxyl groups is 1. The Kier molecular flexibility index (Phi) is 5.01. The first-order valence-electron chi connectivity index (χ1n) is 6.47. The van der Waals surface area contributed by atoms with Gasteiger partial charge in [0.2, 0.25) is 10.0 Å². The lowest BCUT2D eigenvalue weighted by Gasteiger charge is -2.15. The zero-order valence-electron chi connectivity index (χ0n) is 10.9. The van der Waals surface area contributed by atoms with Gasteiger partial charge in [-0.25, -0.2) is 17.5 Å². The van der Waals surface area contributed by atoms with E-state index < -0.39 is 21.9 Å². The van der Waals surface area contributed by atoms with Crippen molar-refractivity contribution in [2.24, 2.45) is 5.92 Å². The minimum Gasteiger partial charge on any atom is -0.393 e. The molecule has 0 saturated heterocycles. The Hall–Kier alpha value is -0.690. The number of aliphatic hydroxyl groups excluding tert-OH is 1. The molecule has 0 spiro atoms. The third-order valence-corrected chi connectivity index (χ3v) is 5.13. The van der Waals surface area contributed by atoms with Gasteiger partial charge in [0.15, 0.2) is 0 Å². The molecule has 112 valence electrons. The minimum atomic E-state index is -3.52. The number of rotatable bonds is 5. The number of hydrogen-bond acceptors (Lipinski definition) is 3. The fourth-order valence-corrected chi connectivity index (χ4v) is 3.78. The molecule has 0 unspecified atom stereocenters. The van der Waals surface area contributed by atoms with Gasteiger partial charge in [-0.15, -0.1) is 0 Å². The van der Waals surface area contributed by atoms with E-state index in [0.717, 1.165) is 25.3 Å². The van der Waals surface area contributed by atoms with E-state index in [4.69, 9.17) is 11.6 Å². The summed E-state index contributed by atoms with van der Waals surface area (Å²) in [5.41, 5.74) is 0.427. The van der Waals surface area contributed by atoms with Crippen LogP contribution in [0.4, 0.5) is 4.39 Å². The summed E-state index contributed by atoms with van der Waals surface area (Å²) in [6, 6.07) is 3.85. The van der Waals surface area contributed by atoms with Crippen LogP contribution in [0.1, 0.15) is 24.8 Å². The zero-order chi connectivity index (χ0) is 14.8. The topological polar surface area (TPSA) is 66.4 Å². The van der Waals surface area contributed by atoms with Gasteiger partial charge in [-0.2, -0.15) is 0 Å². The lowest BCUT2D eigenvalue weighted by Crippen LogP contribution is -2.33. The Balaban J connectivity index is 1.94. The minimum absolute atomic E-state index is 0.0263. The van der Waals surface area contributed by atoms with Crippen molar-refractivity contribution in [1.29, 1.82) is 0 Å². The van der Waals surface area contributed by atoms with Gasteiger partial charge >= 0.3 is 0 Å². The standard InChI is InChI=1S/C13H17ClFNO3S/c14-11-6-9(4-5-12(11)15)8-20(18,19)16-7-10-2-1-3-13(10)17/h4-6,10,13,16-17H,1-3,7-8H2/t10-,13-/m0/s1. The van der Waals surface area contributed by atoms with Crippen molar-refractivity contribution < 1.29 is 17.9 Å². The maximum Gasteiger partial charge on any atom is 0.215 e. The highest BCUT2D eigenvalue weighted by atomic mass is 35.5. The SMILES string of the molecule is O=S(=O)(Cc1ccc(F)c(Cl)c1)NC[C@@H]1CCC[C@@H]1O. The number of benzene rings is 1. The molecule has 1 aromatic carbocycles. The summed E-state index contributed by atoms with van der Waals surface area (Å²) in [7, 11) is -3.52. The maximum absolute atomic E-state index is 13.0. The van der Waals surface area contributed by atoms with E-state index in [1.807, 2.05) is 0 Å². The number of hydrogen-bond donors (Lipinski definition) is 2. The van der Waals surface area contributed by atoms with Crippen LogP contribution in [0, 0.1) is 11.7 Å². The van der Waals surface area contributed by atoms with Crippen molar-refractivity contribution in [3.05, 3.63) is 34.6 Å². The Labute approximate surface area is 123 Å². The van der Waals surface area contributed by atoms with Crippen molar-refractivity contribution in [2.45, 2.75) is 31.1 Å². The highest BCUT2D eigenvalue weighted by Gasteiger charge is 2.26. The van der Waals surface area contributed by atoms with Crippen LogP contribution >= 0.6 is 11.6 Å². The van der Waals surface area contributed by atoms with E-state index in [9.17, 15) is 17.9 Å². The average Bonchev–Trinajstić information content (AvgIpc) is 2.77. The van der Waals surface area contributed by atoms with Gasteiger partial charge in [-0.3, -0.25) is 0 Å². The van der Waals surface area contributed by atoms with Crippen LogP contribution in [0.5, 0.6) is 0 Å². The molecule has 1 aliphatic rings. The monoisotopic (exact) mass is 321 g/mol. The van der Waals surface area contributed by atoms with Gasteiger partial charge in [0.25, 0.3) is 0 Å². The van der Waals surface area contributed by atoms with Crippen molar-refractivity contribution in [3.8, 4) is 0 Å². The van der Waals surface area contributed by atoms with Crippen LogP contribution in [-0.4, -0.2) is 26.2 Å². The van der Waals surface area contributed by atoms with Gasteiger partial charge in [0.1, 0.15) is 5.82 Å². The zero-order valence-corrected chi connectivity index (χ0v) is 12.4. The van der Waals surface area contributed by atoms with E-state index in [0.29, 0.717) is 5.56 Å². The quantitative estimate of drug-likeness (QED) is 0.872. The summed E-state index contributed by atoms with van der Waals surface area (Å²) < 4.78 is 39.4.